The van der Waals surface area contributed by atoms with Crippen LogP contribution in [0.5, 0.6) is 0 Å². The van der Waals surface area contributed by atoms with Gasteiger partial charge >= 0.3 is 0 Å². The molecule has 0 saturated carbocycles. The third-order valence-corrected chi connectivity index (χ3v) is 2.91. The second kappa shape index (κ2) is 7.22. The molecule has 0 bridgehead atoms. The van der Waals surface area contributed by atoms with E-state index in [0.717, 1.165) is 38.9 Å². The zero-order valence-corrected chi connectivity index (χ0v) is 10.3. The minimum absolute atomic E-state index is 0.112. The second-order valence-electron chi connectivity index (χ2n) is 4.72. The van der Waals surface area contributed by atoms with Crippen molar-refractivity contribution in [1.82, 2.24) is 0 Å². The van der Waals surface area contributed by atoms with Gasteiger partial charge in [-0.15, -0.1) is 0 Å². The van der Waals surface area contributed by atoms with Crippen LogP contribution in [-0.4, -0.2) is 47.8 Å². The summed E-state index contributed by atoms with van der Waals surface area (Å²) in [5, 5.41) is 18.0. The smallest absolute Gasteiger partial charge is 0.0586 e. The van der Waals surface area contributed by atoms with E-state index in [0.29, 0.717) is 0 Å². The van der Waals surface area contributed by atoms with Gasteiger partial charge in [-0.1, -0.05) is 0 Å². The summed E-state index contributed by atoms with van der Waals surface area (Å²) in [4.78, 5) is 0. The molecule has 0 radical (unpaired) electrons. The van der Waals surface area contributed by atoms with E-state index in [2.05, 4.69) is 0 Å². The fourth-order valence-corrected chi connectivity index (χ4v) is 1.95. The maximum Gasteiger partial charge on any atom is 0.0586 e. The van der Waals surface area contributed by atoms with Gasteiger partial charge in [-0.2, -0.15) is 0 Å². The number of hydrogen-bond donors (Lipinski definition) is 2. The molecule has 2 aliphatic heterocycles. The molecule has 2 heterocycles. The van der Waals surface area contributed by atoms with Crippen molar-refractivity contribution >= 4 is 0 Å². The fourth-order valence-electron chi connectivity index (χ4n) is 1.95. The second-order valence-corrected chi connectivity index (χ2v) is 4.72. The van der Waals surface area contributed by atoms with E-state index in [4.69, 9.17) is 19.7 Å². The number of aliphatic hydroxyl groups excluding tert-OH is 2. The van der Waals surface area contributed by atoms with E-state index in [9.17, 15) is 0 Å². The Morgan fingerprint density at radius 3 is 1.38 bits per heavy atom. The van der Waals surface area contributed by atoms with Gasteiger partial charge in [0.15, 0.2) is 0 Å². The Balaban J connectivity index is 0.000000160. The lowest BCUT2D eigenvalue weighted by Gasteiger charge is -2.22. The predicted molar refractivity (Wildman–Crippen MR) is 61.3 cm³/mol. The van der Waals surface area contributed by atoms with Crippen molar-refractivity contribution in [3.05, 3.63) is 0 Å². The summed E-state index contributed by atoms with van der Waals surface area (Å²) in [5.74, 6) is 0. The Kier molecular flexibility index (Phi) is 6.28. The first-order chi connectivity index (χ1) is 7.58. The molecule has 0 aromatic carbocycles. The van der Waals surface area contributed by atoms with E-state index in [-0.39, 0.29) is 24.4 Å². The summed E-state index contributed by atoms with van der Waals surface area (Å²) >= 11 is 0. The Hall–Kier alpha value is -0.160. The van der Waals surface area contributed by atoms with E-state index in [1.165, 1.54) is 0 Å². The standard InChI is InChI=1S/2C6H12O2/c2*1-5-4-6(7)2-3-8-5/h2*5-7H,2-4H2,1H3/t2*5-,6-/m10/s1. The zero-order valence-electron chi connectivity index (χ0n) is 10.3. The van der Waals surface area contributed by atoms with Gasteiger partial charge in [0.2, 0.25) is 0 Å². The topological polar surface area (TPSA) is 58.9 Å². The van der Waals surface area contributed by atoms with E-state index in [1.54, 1.807) is 0 Å². The lowest BCUT2D eigenvalue weighted by atomic mass is 10.1. The highest BCUT2D eigenvalue weighted by Gasteiger charge is 2.16. The maximum atomic E-state index is 9.00. The third-order valence-electron chi connectivity index (χ3n) is 2.91. The van der Waals surface area contributed by atoms with Crippen molar-refractivity contribution in [3.63, 3.8) is 0 Å². The van der Waals surface area contributed by atoms with Crippen LogP contribution in [0.25, 0.3) is 0 Å². The molecule has 4 atom stereocenters. The number of rotatable bonds is 0. The molecule has 4 heteroatoms. The van der Waals surface area contributed by atoms with Gasteiger partial charge in [0.25, 0.3) is 0 Å². The fraction of sp³-hybridized carbons (Fsp3) is 1.00. The first kappa shape index (κ1) is 13.9. The highest BCUT2D eigenvalue weighted by molar-refractivity contribution is 4.66. The van der Waals surface area contributed by atoms with Crippen LogP contribution >= 0.6 is 0 Å². The van der Waals surface area contributed by atoms with Crippen LogP contribution < -0.4 is 0 Å². The minimum Gasteiger partial charge on any atom is -0.393 e. The van der Waals surface area contributed by atoms with Gasteiger partial charge in [0, 0.05) is 13.2 Å². The third kappa shape index (κ3) is 5.80. The SMILES string of the molecule is C[C@@H]1C[C@H](O)CCO1.C[C@H]1C[C@@H](O)CCO1. The van der Waals surface area contributed by atoms with Gasteiger partial charge in [0.05, 0.1) is 24.4 Å². The Morgan fingerprint density at radius 1 is 0.812 bits per heavy atom. The van der Waals surface area contributed by atoms with Crippen molar-refractivity contribution in [2.75, 3.05) is 13.2 Å². The molecule has 0 aliphatic carbocycles. The van der Waals surface area contributed by atoms with Crippen molar-refractivity contribution < 1.29 is 19.7 Å². The molecule has 0 spiro atoms. The highest BCUT2D eigenvalue weighted by Crippen LogP contribution is 2.12. The molecule has 0 aromatic rings. The van der Waals surface area contributed by atoms with E-state index < -0.39 is 0 Å². The molecule has 2 fully saturated rings. The molecular formula is C12H24O4. The Labute approximate surface area is 97.6 Å². The van der Waals surface area contributed by atoms with Crippen LogP contribution in [0.3, 0.4) is 0 Å². The molecule has 2 saturated heterocycles. The first-order valence-electron chi connectivity index (χ1n) is 6.17. The average molecular weight is 232 g/mol. The lowest BCUT2D eigenvalue weighted by Crippen LogP contribution is -2.26. The summed E-state index contributed by atoms with van der Waals surface area (Å²) in [6.07, 6.45) is 3.53. The minimum atomic E-state index is -0.112. The molecule has 2 N–H and O–H groups in total. The summed E-state index contributed by atoms with van der Waals surface area (Å²) in [5.41, 5.74) is 0. The van der Waals surface area contributed by atoms with Crippen LogP contribution in [-0.2, 0) is 9.47 Å². The highest BCUT2D eigenvalue weighted by atomic mass is 16.5. The van der Waals surface area contributed by atoms with Gasteiger partial charge in [-0.05, 0) is 39.5 Å². The van der Waals surface area contributed by atoms with Crippen LogP contribution in [0.1, 0.15) is 39.5 Å². The maximum absolute atomic E-state index is 9.00. The van der Waals surface area contributed by atoms with Crippen LogP contribution in [0, 0.1) is 0 Å². The zero-order chi connectivity index (χ0) is 12.0. The number of aliphatic hydroxyl groups is 2. The van der Waals surface area contributed by atoms with Gasteiger partial charge < -0.3 is 19.7 Å². The molecule has 0 aromatic heterocycles. The predicted octanol–water partition coefficient (Wildman–Crippen LogP) is 1.09. The largest absolute Gasteiger partial charge is 0.393 e. The number of ether oxygens (including phenoxy) is 2. The van der Waals surface area contributed by atoms with Gasteiger partial charge in [-0.3, -0.25) is 0 Å². The van der Waals surface area contributed by atoms with Crippen LogP contribution in [0.4, 0.5) is 0 Å². The molecule has 16 heavy (non-hydrogen) atoms. The lowest BCUT2D eigenvalue weighted by molar-refractivity contribution is -0.0344. The molecule has 4 nitrogen and oxygen atoms in total. The molecule has 0 unspecified atom stereocenters. The summed E-state index contributed by atoms with van der Waals surface area (Å²) in [6, 6.07) is 0. The average Bonchev–Trinajstić information content (AvgIpc) is 2.17. The van der Waals surface area contributed by atoms with Crippen molar-refractivity contribution in [3.8, 4) is 0 Å². The molecule has 0 amide bonds. The summed E-state index contributed by atoms with van der Waals surface area (Å²) in [6.45, 7) is 5.43. The Bertz CT molecular complexity index is 150. The van der Waals surface area contributed by atoms with Crippen LogP contribution in [0.15, 0.2) is 0 Å². The van der Waals surface area contributed by atoms with Gasteiger partial charge in [-0.25, -0.2) is 0 Å². The Morgan fingerprint density at radius 2 is 1.19 bits per heavy atom. The summed E-state index contributed by atoms with van der Waals surface area (Å²) in [7, 11) is 0. The first-order valence-corrected chi connectivity index (χ1v) is 6.17. The normalized spacial score (nSPS) is 39.8. The molecule has 2 aliphatic rings. The monoisotopic (exact) mass is 232 g/mol. The molecule has 96 valence electrons. The summed E-state index contributed by atoms with van der Waals surface area (Å²) < 4.78 is 10.4. The van der Waals surface area contributed by atoms with Gasteiger partial charge in [0.1, 0.15) is 0 Å². The number of hydrogen-bond acceptors (Lipinski definition) is 4. The van der Waals surface area contributed by atoms with E-state index >= 15 is 0 Å². The van der Waals surface area contributed by atoms with Crippen molar-refractivity contribution in [1.29, 1.82) is 0 Å². The van der Waals surface area contributed by atoms with E-state index in [1.807, 2.05) is 13.8 Å². The molecular weight excluding hydrogens is 208 g/mol. The van der Waals surface area contributed by atoms with Crippen molar-refractivity contribution in [2.45, 2.75) is 63.9 Å². The van der Waals surface area contributed by atoms with Crippen LogP contribution in [0.2, 0.25) is 0 Å². The van der Waals surface area contributed by atoms with Crippen molar-refractivity contribution in [2.24, 2.45) is 0 Å². The molecule has 2 rings (SSSR count). The quantitative estimate of drug-likeness (QED) is 0.656.